The van der Waals surface area contributed by atoms with E-state index in [9.17, 15) is 9.90 Å². The second-order valence-electron chi connectivity index (χ2n) is 7.57. The van der Waals surface area contributed by atoms with Gasteiger partial charge in [0.05, 0.1) is 19.3 Å². The first-order chi connectivity index (χ1) is 11.5. The molecular formula is C20H28O4. The van der Waals surface area contributed by atoms with Crippen LogP contribution in [0, 0.1) is 17.3 Å². The van der Waals surface area contributed by atoms with E-state index in [1.165, 1.54) is 12.5 Å². The molecule has 0 unspecified atom stereocenters. The third-order valence-electron chi connectivity index (χ3n) is 5.95. The van der Waals surface area contributed by atoms with E-state index in [4.69, 9.17) is 9.47 Å². The molecule has 2 fully saturated rings. The molecule has 1 aromatic carbocycles. The molecule has 0 aromatic heterocycles. The van der Waals surface area contributed by atoms with Gasteiger partial charge in [0.25, 0.3) is 0 Å². The fourth-order valence-corrected chi connectivity index (χ4v) is 4.83. The van der Waals surface area contributed by atoms with Crippen LogP contribution in [0.3, 0.4) is 0 Å². The summed E-state index contributed by atoms with van der Waals surface area (Å²) in [5, 5.41) is 10.6. The predicted molar refractivity (Wildman–Crippen MR) is 91.2 cm³/mol. The molecule has 132 valence electrons. The molecule has 0 bridgehead atoms. The van der Waals surface area contributed by atoms with E-state index in [-0.39, 0.29) is 29.5 Å². The average Bonchev–Trinajstić information content (AvgIpc) is 2.90. The van der Waals surface area contributed by atoms with Crippen LogP contribution >= 0.6 is 0 Å². The number of rotatable bonds is 5. The summed E-state index contributed by atoms with van der Waals surface area (Å²) in [6.07, 6.45) is 3.05. The Hall–Kier alpha value is -1.39. The van der Waals surface area contributed by atoms with E-state index >= 15 is 0 Å². The number of benzene rings is 1. The molecule has 5 atom stereocenters. The second kappa shape index (κ2) is 7.24. The molecule has 4 nitrogen and oxygen atoms in total. The van der Waals surface area contributed by atoms with Crippen molar-refractivity contribution in [2.75, 3.05) is 6.61 Å². The van der Waals surface area contributed by atoms with Gasteiger partial charge in [-0.2, -0.15) is 0 Å². The molecule has 2 aliphatic rings. The molecule has 0 aliphatic heterocycles. The number of aliphatic hydroxyl groups excluding tert-OH is 1. The smallest absolute Gasteiger partial charge is 0.302 e. The molecule has 0 amide bonds. The molecule has 1 N–H and O–H groups in total. The Morgan fingerprint density at radius 1 is 1.25 bits per heavy atom. The molecule has 3 rings (SSSR count). The minimum atomic E-state index is -0.324. The first-order valence-electron chi connectivity index (χ1n) is 8.97. The van der Waals surface area contributed by atoms with Gasteiger partial charge in [0.2, 0.25) is 0 Å². The molecule has 24 heavy (non-hydrogen) atoms. The lowest BCUT2D eigenvalue weighted by atomic mass is 9.64. The van der Waals surface area contributed by atoms with Crippen molar-refractivity contribution >= 4 is 5.97 Å². The van der Waals surface area contributed by atoms with Gasteiger partial charge < -0.3 is 14.6 Å². The van der Waals surface area contributed by atoms with Gasteiger partial charge in [-0.1, -0.05) is 37.3 Å². The summed E-state index contributed by atoms with van der Waals surface area (Å²) < 4.78 is 11.5. The SMILES string of the molecule is CC(=O)O[C@H]1CC[C@H](O)[C@@H]2[C@H](COCc3ccccc3)CC[C@@]21C. The maximum Gasteiger partial charge on any atom is 0.302 e. The zero-order chi connectivity index (χ0) is 17.2. The Bertz CT molecular complexity index is 558. The predicted octanol–water partition coefficient (Wildman–Crippen LogP) is 3.32. The standard InChI is InChI=1S/C20H28O4/c1-14(21)24-18-9-8-17(22)19-16(10-11-20(18,19)2)13-23-12-15-6-4-3-5-7-15/h3-7,16-19,22H,8-13H2,1-2H3/t16-,17-,18-,19-,20+/m0/s1. The lowest BCUT2D eigenvalue weighted by Crippen LogP contribution is -2.50. The Labute approximate surface area is 144 Å². The molecule has 0 saturated heterocycles. The minimum Gasteiger partial charge on any atom is -0.462 e. The fraction of sp³-hybridized carbons (Fsp3) is 0.650. The third-order valence-corrected chi connectivity index (χ3v) is 5.95. The molecule has 0 spiro atoms. The Morgan fingerprint density at radius 2 is 2.00 bits per heavy atom. The van der Waals surface area contributed by atoms with Crippen molar-refractivity contribution in [3.8, 4) is 0 Å². The van der Waals surface area contributed by atoms with E-state index < -0.39 is 0 Å². The van der Waals surface area contributed by atoms with Crippen LogP contribution in [0.25, 0.3) is 0 Å². The normalized spacial score (nSPS) is 35.5. The van der Waals surface area contributed by atoms with E-state index in [1.807, 2.05) is 18.2 Å². The monoisotopic (exact) mass is 332 g/mol. The van der Waals surface area contributed by atoms with Crippen molar-refractivity contribution in [1.82, 2.24) is 0 Å². The van der Waals surface area contributed by atoms with Gasteiger partial charge in [0, 0.05) is 12.3 Å². The van der Waals surface area contributed by atoms with Crippen LogP contribution in [0.2, 0.25) is 0 Å². The summed E-state index contributed by atoms with van der Waals surface area (Å²) in [7, 11) is 0. The highest BCUT2D eigenvalue weighted by Crippen LogP contribution is 2.55. The van der Waals surface area contributed by atoms with Crippen LogP contribution in [-0.4, -0.2) is 29.9 Å². The maximum atomic E-state index is 11.4. The van der Waals surface area contributed by atoms with Gasteiger partial charge in [-0.05, 0) is 43.1 Å². The van der Waals surface area contributed by atoms with Crippen molar-refractivity contribution in [3.63, 3.8) is 0 Å². The highest BCUT2D eigenvalue weighted by Gasteiger charge is 2.56. The number of aliphatic hydroxyl groups is 1. The number of ether oxygens (including phenoxy) is 2. The largest absolute Gasteiger partial charge is 0.462 e. The molecule has 0 heterocycles. The van der Waals surface area contributed by atoms with Crippen molar-refractivity contribution in [2.24, 2.45) is 17.3 Å². The maximum absolute atomic E-state index is 11.4. The number of fused-ring (bicyclic) bond motifs is 1. The fourth-order valence-electron chi connectivity index (χ4n) is 4.83. The van der Waals surface area contributed by atoms with E-state index in [2.05, 4.69) is 19.1 Å². The van der Waals surface area contributed by atoms with Gasteiger partial charge in [-0.25, -0.2) is 0 Å². The van der Waals surface area contributed by atoms with Crippen LogP contribution in [0.1, 0.15) is 45.1 Å². The first-order valence-corrected chi connectivity index (χ1v) is 8.97. The van der Waals surface area contributed by atoms with Crippen LogP contribution in [0.5, 0.6) is 0 Å². The molecule has 4 heteroatoms. The summed E-state index contributed by atoms with van der Waals surface area (Å²) >= 11 is 0. The van der Waals surface area contributed by atoms with Crippen molar-refractivity contribution < 1.29 is 19.4 Å². The first kappa shape index (κ1) is 17.4. The second-order valence-corrected chi connectivity index (χ2v) is 7.57. The van der Waals surface area contributed by atoms with E-state index in [1.54, 1.807) is 0 Å². The topological polar surface area (TPSA) is 55.8 Å². The number of esters is 1. The summed E-state index contributed by atoms with van der Waals surface area (Å²) in [5.41, 5.74) is 1.03. The molecule has 0 radical (unpaired) electrons. The van der Waals surface area contributed by atoms with Gasteiger partial charge in [0.15, 0.2) is 0 Å². The van der Waals surface area contributed by atoms with Crippen molar-refractivity contribution in [3.05, 3.63) is 35.9 Å². The Morgan fingerprint density at radius 3 is 2.71 bits per heavy atom. The summed E-state index contributed by atoms with van der Waals surface area (Å²) in [4.78, 5) is 11.4. The molecular weight excluding hydrogens is 304 g/mol. The van der Waals surface area contributed by atoms with Crippen LogP contribution < -0.4 is 0 Å². The quantitative estimate of drug-likeness (QED) is 0.841. The highest BCUT2D eigenvalue weighted by atomic mass is 16.5. The summed E-state index contributed by atoms with van der Waals surface area (Å²) in [6, 6.07) is 10.1. The minimum absolute atomic E-state index is 0.0810. The zero-order valence-electron chi connectivity index (χ0n) is 14.6. The van der Waals surface area contributed by atoms with E-state index in [0.29, 0.717) is 25.6 Å². The van der Waals surface area contributed by atoms with Crippen LogP contribution in [0.4, 0.5) is 0 Å². The van der Waals surface area contributed by atoms with Gasteiger partial charge in [-0.3, -0.25) is 4.79 Å². The molecule has 2 saturated carbocycles. The van der Waals surface area contributed by atoms with Crippen molar-refractivity contribution in [2.45, 2.75) is 58.3 Å². The number of carbonyl (C=O) groups excluding carboxylic acids is 1. The zero-order valence-corrected chi connectivity index (χ0v) is 14.6. The Kier molecular flexibility index (Phi) is 5.26. The van der Waals surface area contributed by atoms with Crippen molar-refractivity contribution in [1.29, 1.82) is 0 Å². The van der Waals surface area contributed by atoms with Gasteiger partial charge >= 0.3 is 5.97 Å². The number of carbonyl (C=O) groups is 1. The Balaban J connectivity index is 1.62. The average molecular weight is 332 g/mol. The lowest BCUT2D eigenvalue weighted by Gasteiger charge is -2.46. The molecule has 1 aromatic rings. The summed E-state index contributed by atoms with van der Waals surface area (Å²) in [6.45, 7) is 4.90. The molecule has 2 aliphatic carbocycles. The van der Waals surface area contributed by atoms with E-state index in [0.717, 1.165) is 19.3 Å². The highest BCUT2D eigenvalue weighted by molar-refractivity contribution is 5.66. The van der Waals surface area contributed by atoms with Crippen LogP contribution in [0.15, 0.2) is 30.3 Å². The van der Waals surface area contributed by atoms with Gasteiger partial charge in [0.1, 0.15) is 6.10 Å². The number of hydrogen-bond donors (Lipinski definition) is 1. The van der Waals surface area contributed by atoms with Crippen LogP contribution in [-0.2, 0) is 20.9 Å². The summed E-state index contributed by atoms with van der Waals surface area (Å²) in [5.74, 6) is 0.249. The lowest BCUT2D eigenvalue weighted by molar-refractivity contribution is -0.167. The third kappa shape index (κ3) is 3.50. The van der Waals surface area contributed by atoms with Gasteiger partial charge in [-0.15, -0.1) is 0 Å². The number of hydrogen-bond acceptors (Lipinski definition) is 4.